The number of amides is 2. The van der Waals surface area contributed by atoms with Crippen molar-refractivity contribution in [2.24, 2.45) is 0 Å². The van der Waals surface area contributed by atoms with Crippen LogP contribution in [0.2, 0.25) is 0 Å². The number of carbonyl (C=O) groups excluding carboxylic acids is 2. The molecule has 0 aliphatic carbocycles. The van der Waals surface area contributed by atoms with E-state index in [9.17, 15) is 27.2 Å². The lowest BCUT2D eigenvalue weighted by Crippen LogP contribution is -2.28. The maximum atomic E-state index is 13.8. The molecule has 0 bridgehead atoms. The van der Waals surface area contributed by atoms with Crippen LogP contribution in [0.3, 0.4) is 0 Å². The molecule has 0 saturated carbocycles. The smallest absolute Gasteiger partial charge is 0.266 e. The van der Waals surface area contributed by atoms with Gasteiger partial charge in [0.05, 0.1) is 9.81 Å². The average Bonchev–Trinajstić information content (AvgIpc) is 3.59. The molecule has 2 fully saturated rings. The highest BCUT2D eigenvalue weighted by Gasteiger charge is 2.40. The van der Waals surface area contributed by atoms with Crippen LogP contribution >= 0.6 is 23.5 Å². The predicted molar refractivity (Wildman–Crippen MR) is 184 cm³/mol. The molecule has 5 aromatic rings. The lowest BCUT2D eigenvalue weighted by Gasteiger charge is -2.26. The Balaban J connectivity index is 1.23. The molecule has 238 valence electrons. The monoisotopic (exact) mass is 680 g/mol. The summed E-state index contributed by atoms with van der Waals surface area (Å²) in [7, 11) is 0. The minimum atomic E-state index is -0.497. The molecule has 0 N–H and O–H groups in total. The van der Waals surface area contributed by atoms with Gasteiger partial charge in [-0.15, -0.1) is 0 Å². The summed E-state index contributed by atoms with van der Waals surface area (Å²) in [6, 6.07) is 30.6. The first kappa shape index (κ1) is 31.5. The van der Waals surface area contributed by atoms with Gasteiger partial charge in [-0.3, -0.25) is 19.4 Å². The van der Waals surface area contributed by atoms with Crippen LogP contribution in [0, 0.1) is 23.3 Å². The van der Waals surface area contributed by atoms with Crippen molar-refractivity contribution in [2.75, 3.05) is 9.80 Å². The Labute approximate surface area is 282 Å². The first-order chi connectivity index (χ1) is 23.2. The summed E-state index contributed by atoms with van der Waals surface area (Å²) in [5.41, 5.74) is 3.93. The van der Waals surface area contributed by atoms with Gasteiger partial charge in [0.1, 0.15) is 34.0 Å². The minimum Gasteiger partial charge on any atom is -0.291 e. The van der Waals surface area contributed by atoms with Crippen molar-refractivity contribution in [2.45, 2.75) is 10.7 Å². The van der Waals surface area contributed by atoms with Crippen LogP contribution in [0.4, 0.5) is 28.9 Å². The molecule has 48 heavy (non-hydrogen) atoms. The number of thioether (sulfide) groups is 2. The van der Waals surface area contributed by atoms with Gasteiger partial charge in [0.2, 0.25) is 0 Å². The minimum absolute atomic E-state index is 0.278. The van der Waals surface area contributed by atoms with Crippen molar-refractivity contribution < 1.29 is 27.2 Å². The highest BCUT2D eigenvalue weighted by Crippen LogP contribution is 2.51. The second-order valence-electron chi connectivity index (χ2n) is 11.0. The van der Waals surface area contributed by atoms with Crippen LogP contribution in [0.1, 0.15) is 33.0 Å². The zero-order valence-corrected chi connectivity index (χ0v) is 26.5. The van der Waals surface area contributed by atoms with Crippen LogP contribution in [0.5, 0.6) is 0 Å². The lowest BCUT2D eigenvalue weighted by molar-refractivity contribution is -0.115. The van der Waals surface area contributed by atoms with E-state index < -0.39 is 22.4 Å². The molecule has 2 unspecified atom stereocenters. The third-order valence-electron chi connectivity index (χ3n) is 7.86. The summed E-state index contributed by atoms with van der Waals surface area (Å²) in [4.78, 5) is 31.6. The van der Waals surface area contributed by atoms with Crippen molar-refractivity contribution >= 4 is 58.9 Å². The fourth-order valence-corrected chi connectivity index (χ4v) is 8.00. The molecule has 2 atom stereocenters. The van der Waals surface area contributed by atoms with Gasteiger partial charge in [-0.1, -0.05) is 72.1 Å². The Morgan fingerprint density at radius 3 is 1.04 bits per heavy atom. The number of anilines is 2. The van der Waals surface area contributed by atoms with E-state index in [1.54, 1.807) is 70.5 Å². The van der Waals surface area contributed by atoms with Gasteiger partial charge >= 0.3 is 0 Å². The molecular weight excluding hydrogens is 657 g/mol. The van der Waals surface area contributed by atoms with E-state index in [-0.39, 0.29) is 23.4 Å². The van der Waals surface area contributed by atoms with Gasteiger partial charge in [0.15, 0.2) is 0 Å². The van der Waals surface area contributed by atoms with Gasteiger partial charge in [-0.25, -0.2) is 17.6 Å². The highest BCUT2D eigenvalue weighted by molar-refractivity contribution is 8.05. The number of hydrogen-bond acceptors (Lipinski definition) is 4. The molecule has 4 nitrogen and oxygen atoms in total. The maximum Gasteiger partial charge on any atom is 0.266 e. The van der Waals surface area contributed by atoms with Gasteiger partial charge in [-0.05, 0) is 107 Å². The number of carbonyl (C=O) groups is 2. The van der Waals surface area contributed by atoms with Crippen LogP contribution in [0.25, 0.3) is 12.2 Å². The number of halogens is 4. The Hall–Kier alpha value is -5.06. The molecule has 10 heteroatoms. The molecule has 2 aliphatic rings. The predicted octanol–water partition coefficient (Wildman–Crippen LogP) is 9.88. The SMILES string of the molecule is O=C1/C(=C/c2ccc(F)cc2)SC(c2ccc(C3S/C(=C\c4ccc(F)cc4)C(=O)N3c3ccc(F)cc3)cc2)N1c1ccc(F)cc1. The molecule has 0 radical (unpaired) electrons. The van der Waals surface area contributed by atoms with E-state index in [0.717, 1.165) is 11.1 Å². The first-order valence-corrected chi connectivity index (χ1v) is 16.6. The average molecular weight is 681 g/mol. The van der Waals surface area contributed by atoms with Crippen molar-refractivity contribution in [3.05, 3.63) is 177 Å². The molecule has 2 heterocycles. The Morgan fingerprint density at radius 1 is 0.438 bits per heavy atom. The molecular formula is C38H24F4N2O2S2. The summed E-state index contributed by atoms with van der Waals surface area (Å²) < 4.78 is 54.7. The zero-order chi connectivity index (χ0) is 33.4. The second-order valence-corrected chi connectivity index (χ2v) is 13.3. The number of benzene rings is 5. The number of hydrogen-bond donors (Lipinski definition) is 0. The second kappa shape index (κ2) is 13.2. The summed E-state index contributed by atoms with van der Waals surface area (Å²) in [6.07, 6.45) is 3.40. The number of rotatable bonds is 6. The Morgan fingerprint density at radius 2 is 0.729 bits per heavy atom. The van der Waals surface area contributed by atoms with Crippen molar-refractivity contribution in [3.8, 4) is 0 Å². The van der Waals surface area contributed by atoms with Gasteiger partial charge < -0.3 is 0 Å². The highest BCUT2D eigenvalue weighted by atomic mass is 32.2. The van der Waals surface area contributed by atoms with E-state index in [1.165, 1.54) is 72.1 Å². The standard InChI is InChI=1S/C38H24F4N2O2S2/c39-27-9-1-23(2-10-27)21-33-35(45)43(31-17-13-29(41)14-18-31)37(47-33)25-5-7-26(8-6-25)38-44(32-19-15-30(42)16-20-32)36(46)34(48-38)22-24-3-11-28(40)12-4-24/h1-22,37-38H/b33-21-,34-22-. The van der Waals surface area contributed by atoms with Crippen molar-refractivity contribution in [1.29, 1.82) is 0 Å². The van der Waals surface area contributed by atoms with Crippen LogP contribution in [-0.4, -0.2) is 11.8 Å². The summed E-state index contributed by atoms with van der Waals surface area (Å²) in [5, 5.41) is -0.993. The van der Waals surface area contributed by atoms with Crippen molar-refractivity contribution in [3.63, 3.8) is 0 Å². The van der Waals surface area contributed by atoms with Crippen LogP contribution < -0.4 is 9.80 Å². The van der Waals surface area contributed by atoms with Crippen molar-refractivity contribution in [1.82, 2.24) is 0 Å². The van der Waals surface area contributed by atoms with E-state index in [4.69, 9.17) is 0 Å². The van der Waals surface area contributed by atoms with Crippen LogP contribution in [-0.2, 0) is 9.59 Å². The van der Waals surface area contributed by atoms with Crippen LogP contribution in [0.15, 0.2) is 131 Å². The third-order valence-corrected chi connectivity index (χ3v) is 10.4. The molecule has 0 aromatic heterocycles. The summed E-state index contributed by atoms with van der Waals surface area (Å²) in [6.45, 7) is 0. The zero-order valence-electron chi connectivity index (χ0n) is 24.9. The normalized spacial score (nSPS) is 19.6. The first-order valence-electron chi connectivity index (χ1n) is 14.8. The van der Waals surface area contributed by atoms with E-state index >= 15 is 0 Å². The quantitative estimate of drug-likeness (QED) is 0.132. The topological polar surface area (TPSA) is 40.6 Å². The van der Waals surface area contributed by atoms with Gasteiger partial charge in [-0.2, -0.15) is 0 Å². The third kappa shape index (κ3) is 6.41. The number of nitrogens with zero attached hydrogens (tertiary/aromatic N) is 2. The van der Waals surface area contributed by atoms with E-state index in [0.29, 0.717) is 32.3 Å². The molecule has 2 saturated heterocycles. The van der Waals surface area contributed by atoms with E-state index in [2.05, 4.69) is 0 Å². The largest absolute Gasteiger partial charge is 0.291 e. The lowest BCUT2D eigenvalue weighted by atomic mass is 10.1. The molecule has 2 aliphatic heterocycles. The molecule has 5 aromatic carbocycles. The molecule has 0 spiro atoms. The van der Waals surface area contributed by atoms with Gasteiger partial charge in [0, 0.05) is 11.4 Å². The van der Waals surface area contributed by atoms with Gasteiger partial charge in [0.25, 0.3) is 11.8 Å². The maximum absolute atomic E-state index is 13.8. The summed E-state index contributed by atoms with van der Waals surface area (Å²) in [5.74, 6) is -2.18. The summed E-state index contributed by atoms with van der Waals surface area (Å²) >= 11 is 2.65. The Kier molecular flexibility index (Phi) is 8.68. The fourth-order valence-electron chi connectivity index (χ4n) is 5.48. The Bertz CT molecular complexity index is 1900. The van der Waals surface area contributed by atoms with E-state index in [1.807, 2.05) is 24.3 Å². The molecule has 7 rings (SSSR count). The fraction of sp³-hybridized carbons (Fsp3) is 0.0526. The molecule has 2 amide bonds.